The van der Waals surface area contributed by atoms with Crippen molar-refractivity contribution in [1.82, 2.24) is 14.7 Å². The first-order valence-electron chi connectivity index (χ1n) is 5.28. The van der Waals surface area contributed by atoms with Crippen LogP contribution in [-0.2, 0) is 11.3 Å². The Morgan fingerprint density at radius 2 is 2.28 bits per heavy atom. The highest BCUT2D eigenvalue weighted by Gasteiger charge is 2.10. The molecule has 0 saturated carbocycles. The minimum Gasteiger partial charge on any atom is -0.394 e. The zero-order chi connectivity index (χ0) is 13.7. The van der Waals surface area contributed by atoms with E-state index < -0.39 is 0 Å². The number of carbonyl (C=O) groups is 1. The zero-order valence-electron chi connectivity index (χ0n) is 10.2. The van der Waals surface area contributed by atoms with Gasteiger partial charge in [-0.2, -0.15) is 5.10 Å². The monoisotopic (exact) mass is 318 g/mol. The highest BCUT2D eigenvalue weighted by Crippen LogP contribution is 2.15. The standard InChI is InChI=1S/C10H15BrN4O3/c1-14(2)8(17)6-12-7-5-13-15(3-4-16)10(18)9(7)11/h5,12,16H,3-4,6H2,1-2H3. The number of halogens is 1. The maximum Gasteiger partial charge on any atom is 0.283 e. The van der Waals surface area contributed by atoms with Crippen LogP contribution in [0, 0.1) is 0 Å². The van der Waals surface area contributed by atoms with Gasteiger partial charge < -0.3 is 15.3 Å². The van der Waals surface area contributed by atoms with Crippen LogP contribution in [0.25, 0.3) is 0 Å². The molecule has 2 N–H and O–H groups in total. The first kappa shape index (κ1) is 14.7. The number of nitrogens with zero attached hydrogens (tertiary/aromatic N) is 3. The fourth-order valence-electron chi connectivity index (χ4n) is 1.17. The van der Waals surface area contributed by atoms with Gasteiger partial charge in [0.1, 0.15) is 4.47 Å². The summed E-state index contributed by atoms with van der Waals surface area (Å²) in [7, 11) is 3.30. The summed E-state index contributed by atoms with van der Waals surface area (Å²) in [6.45, 7) is 0.0519. The molecule has 1 heterocycles. The molecular weight excluding hydrogens is 304 g/mol. The third kappa shape index (κ3) is 3.54. The lowest BCUT2D eigenvalue weighted by Crippen LogP contribution is -2.30. The molecule has 1 rings (SSSR count). The minimum absolute atomic E-state index is 0.0801. The topological polar surface area (TPSA) is 87.5 Å². The predicted molar refractivity (Wildman–Crippen MR) is 70.5 cm³/mol. The Bertz CT molecular complexity index is 487. The van der Waals surface area contributed by atoms with E-state index in [9.17, 15) is 9.59 Å². The third-order valence-electron chi connectivity index (χ3n) is 2.23. The highest BCUT2D eigenvalue weighted by atomic mass is 79.9. The fraction of sp³-hybridized carbons (Fsp3) is 0.500. The quantitative estimate of drug-likeness (QED) is 0.764. The van der Waals surface area contributed by atoms with Crippen LogP contribution in [-0.4, -0.2) is 52.9 Å². The molecule has 8 heteroatoms. The van der Waals surface area contributed by atoms with Crippen molar-refractivity contribution in [3.63, 3.8) is 0 Å². The molecule has 0 spiro atoms. The number of amides is 1. The maximum atomic E-state index is 11.8. The van der Waals surface area contributed by atoms with Gasteiger partial charge in [0, 0.05) is 14.1 Å². The molecule has 0 radical (unpaired) electrons. The molecule has 7 nitrogen and oxygen atoms in total. The summed E-state index contributed by atoms with van der Waals surface area (Å²) < 4.78 is 1.43. The molecule has 1 aromatic heterocycles. The van der Waals surface area contributed by atoms with Crippen molar-refractivity contribution in [2.45, 2.75) is 6.54 Å². The van der Waals surface area contributed by atoms with E-state index >= 15 is 0 Å². The summed E-state index contributed by atoms with van der Waals surface area (Å²) in [5.74, 6) is -0.110. The second kappa shape index (κ2) is 6.50. The van der Waals surface area contributed by atoms with E-state index in [2.05, 4.69) is 26.3 Å². The van der Waals surface area contributed by atoms with E-state index in [1.807, 2.05) is 0 Å². The Kier molecular flexibility index (Phi) is 5.29. The van der Waals surface area contributed by atoms with E-state index in [0.717, 1.165) is 4.68 Å². The largest absolute Gasteiger partial charge is 0.394 e. The number of aromatic nitrogens is 2. The van der Waals surface area contributed by atoms with Crippen molar-refractivity contribution in [2.75, 3.05) is 32.6 Å². The van der Waals surface area contributed by atoms with Gasteiger partial charge in [0.15, 0.2) is 0 Å². The van der Waals surface area contributed by atoms with Crippen molar-refractivity contribution >= 4 is 27.5 Å². The molecule has 1 amide bonds. The summed E-state index contributed by atoms with van der Waals surface area (Å²) >= 11 is 3.15. The first-order valence-corrected chi connectivity index (χ1v) is 6.07. The molecule has 0 fully saturated rings. The fourth-order valence-corrected chi connectivity index (χ4v) is 1.62. The number of hydrogen-bond acceptors (Lipinski definition) is 5. The van der Waals surface area contributed by atoms with Gasteiger partial charge in [-0.1, -0.05) is 0 Å². The molecule has 100 valence electrons. The molecule has 0 unspecified atom stereocenters. The third-order valence-corrected chi connectivity index (χ3v) is 2.99. The summed E-state index contributed by atoms with van der Waals surface area (Å²) in [5, 5.41) is 15.5. The molecule has 0 bridgehead atoms. The van der Waals surface area contributed by atoms with Crippen LogP contribution in [0.4, 0.5) is 5.69 Å². The van der Waals surface area contributed by atoms with Crippen LogP contribution in [0.15, 0.2) is 15.5 Å². The van der Waals surface area contributed by atoms with Crippen molar-refractivity contribution in [3.8, 4) is 0 Å². The smallest absolute Gasteiger partial charge is 0.283 e. The summed E-state index contributed by atoms with van der Waals surface area (Å²) in [6.07, 6.45) is 1.43. The van der Waals surface area contributed by atoms with Crippen LogP contribution < -0.4 is 10.9 Å². The van der Waals surface area contributed by atoms with Crippen LogP contribution in [0.5, 0.6) is 0 Å². The van der Waals surface area contributed by atoms with E-state index in [-0.39, 0.29) is 35.6 Å². The van der Waals surface area contributed by atoms with Crippen molar-refractivity contribution in [2.24, 2.45) is 0 Å². The van der Waals surface area contributed by atoms with Gasteiger partial charge in [0.25, 0.3) is 5.56 Å². The van der Waals surface area contributed by atoms with Crippen molar-refractivity contribution in [1.29, 1.82) is 0 Å². The Morgan fingerprint density at radius 1 is 1.61 bits per heavy atom. The number of aliphatic hydroxyl groups is 1. The number of nitrogens with one attached hydrogen (secondary N) is 1. The van der Waals surface area contributed by atoms with Gasteiger partial charge in [-0.05, 0) is 15.9 Å². The number of hydrogen-bond donors (Lipinski definition) is 2. The lowest BCUT2D eigenvalue weighted by Gasteiger charge is -2.13. The Labute approximate surface area is 113 Å². The molecular formula is C10H15BrN4O3. The number of likely N-dealkylation sites (N-methyl/N-ethyl adjacent to an activating group) is 1. The predicted octanol–water partition coefficient (Wildman–Crippen LogP) is -0.502. The number of anilines is 1. The molecule has 0 aliphatic heterocycles. The molecule has 0 atom stereocenters. The van der Waals surface area contributed by atoms with Crippen LogP contribution in [0.3, 0.4) is 0 Å². The second-order valence-electron chi connectivity index (χ2n) is 3.77. The minimum atomic E-state index is -0.355. The number of aliphatic hydroxyl groups excluding tert-OH is 1. The number of carbonyl (C=O) groups excluding carboxylic acids is 1. The Hall–Kier alpha value is -1.41. The van der Waals surface area contributed by atoms with Crippen molar-refractivity contribution < 1.29 is 9.90 Å². The van der Waals surface area contributed by atoms with Crippen LogP contribution >= 0.6 is 15.9 Å². The van der Waals surface area contributed by atoms with Gasteiger partial charge in [-0.15, -0.1) is 0 Å². The lowest BCUT2D eigenvalue weighted by atomic mass is 10.4. The Balaban J connectivity index is 2.83. The normalized spacial score (nSPS) is 10.2. The van der Waals surface area contributed by atoms with Gasteiger partial charge in [-0.3, -0.25) is 9.59 Å². The average molecular weight is 319 g/mol. The van der Waals surface area contributed by atoms with E-state index in [1.165, 1.54) is 11.1 Å². The first-order chi connectivity index (χ1) is 8.47. The molecule has 18 heavy (non-hydrogen) atoms. The van der Waals surface area contributed by atoms with Crippen LogP contribution in [0.1, 0.15) is 0 Å². The lowest BCUT2D eigenvalue weighted by molar-refractivity contribution is -0.126. The molecule has 0 aromatic carbocycles. The van der Waals surface area contributed by atoms with Crippen molar-refractivity contribution in [3.05, 3.63) is 21.0 Å². The summed E-state index contributed by atoms with van der Waals surface area (Å²) in [4.78, 5) is 24.6. The van der Waals surface area contributed by atoms with Gasteiger partial charge in [0.2, 0.25) is 5.91 Å². The molecule has 0 aliphatic rings. The van der Waals surface area contributed by atoms with Gasteiger partial charge in [0.05, 0.1) is 31.6 Å². The van der Waals surface area contributed by atoms with Gasteiger partial charge >= 0.3 is 0 Å². The van der Waals surface area contributed by atoms with E-state index in [1.54, 1.807) is 14.1 Å². The van der Waals surface area contributed by atoms with E-state index in [4.69, 9.17) is 5.11 Å². The Morgan fingerprint density at radius 3 is 2.83 bits per heavy atom. The highest BCUT2D eigenvalue weighted by molar-refractivity contribution is 9.10. The molecule has 1 aromatic rings. The zero-order valence-corrected chi connectivity index (χ0v) is 11.8. The SMILES string of the molecule is CN(C)C(=O)CNc1cnn(CCO)c(=O)c1Br. The van der Waals surface area contributed by atoms with Crippen LogP contribution in [0.2, 0.25) is 0 Å². The molecule has 0 saturated heterocycles. The maximum absolute atomic E-state index is 11.8. The second-order valence-corrected chi connectivity index (χ2v) is 4.56. The van der Waals surface area contributed by atoms with E-state index in [0.29, 0.717) is 5.69 Å². The average Bonchev–Trinajstić information content (AvgIpc) is 2.33. The summed E-state index contributed by atoms with van der Waals surface area (Å²) in [6, 6.07) is 0. The van der Waals surface area contributed by atoms with Gasteiger partial charge in [-0.25, -0.2) is 4.68 Å². The number of rotatable bonds is 5. The summed E-state index contributed by atoms with van der Waals surface area (Å²) in [5.41, 5.74) is 0.0933. The molecule has 0 aliphatic carbocycles.